The van der Waals surface area contributed by atoms with Gasteiger partial charge in [0.05, 0.1) is 0 Å². The van der Waals surface area contributed by atoms with E-state index in [2.05, 4.69) is 20.6 Å². The van der Waals surface area contributed by atoms with Crippen molar-refractivity contribution < 1.29 is 9.18 Å². The molecule has 0 radical (unpaired) electrons. The standard InChI is InChI=1S/C21H21FN4O/c1-13-4-5-14(2)18(10-13)25-21-24-15(3)11-19(26-21)20(27)23-12-16-6-8-17(22)9-7-16/h4-11H,12H2,1-3H3,(H,23,27)(H,24,25,26). The number of hydrogen-bond donors (Lipinski definition) is 2. The zero-order valence-corrected chi connectivity index (χ0v) is 15.5. The molecule has 0 bridgehead atoms. The molecule has 0 unspecified atom stereocenters. The highest BCUT2D eigenvalue weighted by Crippen LogP contribution is 2.20. The zero-order valence-electron chi connectivity index (χ0n) is 15.5. The first-order valence-corrected chi connectivity index (χ1v) is 8.63. The Morgan fingerprint density at radius 3 is 2.48 bits per heavy atom. The molecule has 138 valence electrons. The maximum atomic E-state index is 13.0. The number of benzene rings is 2. The van der Waals surface area contributed by atoms with Gasteiger partial charge in [0.2, 0.25) is 5.95 Å². The van der Waals surface area contributed by atoms with E-state index in [1.807, 2.05) is 39.0 Å². The Morgan fingerprint density at radius 2 is 1.74 bits per heavy atom. The third kappa shape index (κ3) is 4.88. The number of nitrogens with one attached hydrogen (secondary N) is 2. The third-order valence-electron chi connectivity index (χ3n) is 4.09. The minimum absolute atomic E-state index is 0.275. The molecular formula is C21H21FN4O. The van der Waals surface area contributed by atoms with Crippen molar-refractivity contribution in [1.29, 1.82) is 0 Å². The zero-order chi connectivity index (χ0) is 19.4. The average Bonchev–Trinajstić information content (AvgIpc) is 2.63. The van der Waals surface area contributed by atoms with Crippen LogP contribution < -0.4 is 10.6 Å². The quantitative estimate of drug-likeness (QED) is 0.711. The minimum atomic E-state index is -0.311. The van der Waals surface area contributed by atoms with Crippen LogP contribution in [0.25, 0.3) is 0 Å². The number of hydrogen-bond acceptors (Lipinski definition) is 4. The first kappa shape index (κ1) is 18.5. The number of aromatic nitrogens is 2. The molecule has 6 heteroatoms. The van der Waals surface area contributed by atoms with Crippen LogP contribution in [0.3, 0.4) is 0 Å². The summed E-state index contributed by atoms with van der Waals surface area (Å²) in [5.74, 6) is -0.247. The Balaban J connectivity index is 1.75. The van der Waals surface area contributed by atoms with Crippen molar-refractivity contribution >= 4 is 17.5 Å². The highest BCUT2D eigenvalue weighted by molar-refractivity contribution is 5.92. The fraction of sp³-hybridized carbons (Fsp3) is 0.190. The summed E-state index contributed by atoms with van der Waals surface area (Å²) in [7, 11) is 0. The van der Waals surface area contributed by atoms with Gasteiger partial charge in [0.1, 0.15) is 11.5 Å². The largest absolute Gasteiger partial charge is 0.347 e. The van der Waals surface area contributed by atoms with Gasteiger partial charge in [-0.05, 0) is 61.7 Å². The Kier molecular flexibility index (Phi) is 5.45. The number of nitrogens with zero attached hydrogens (tertiary/aromatic N) is 2. The van der Waals surface area contributed by atoms with Gasteiger partial charge in [0, 0.05) is 17.9 Å². The van der Waals surface area contributed by atoms with Crippen molar-refractivity contribution in [3.63, 3.8) is 0 Å². The highest BCUT2D eigenvalue weighted by atomic mass is 19.1. The van der Waals surface area contributed by atoms with Crippen LogP contribution in [0.4, 0.5) is 16.0 Å². The lowest BCUT2D eigenvalue weighted by molar-refractivity contribution is 0.0945. The fourth-order valence-corrected chi connectivity index (χ4v) is 2.61. The number of carbonyl (C=O) groups excluding carboxylic acids is 1. The van der Waals surface area contributed by atoms with Crippen LogP contribution in [0, 0.1) is 26.6 Å². The van der Waals surface area contributed by atoms with E-state index in [4.69, 9.17) is 0 Å². The Bertz CT molecular complexity index is 970. The lowest BCUT2D eigenvalue weighted by Gasteiger charge is -2.11. The third-order valence-corrected chi connectivity index (χ3v) is 4.09. The second-order valence-electron chi connectivity index (χ2n) is 6.47. The molecule has 2 aromatic carbocycles. The molecule has 0 saturated carbocycles. The minimum Gasteiger partial charge on any atom is -0.347 e. The maximum Gasteiger partial charge on any atom is 0.270 e. The molecule has 1 heterocycles. The summed E-state index contributed by atoms with van der Waals surface area (Å²) < 4.78 is 13.0. The molecule has 0 spiro atoms. The van der Waals surface area contributed by atoms with Gasteiger partial charge in [-0.2, -0.15) is 0 Å². The molecule has 0 aliphatic rings. The van der Waals surface area contributed by atoms with Crippen LogP contribution in [0.5, 0.6) is 0 Å². The van der Waals surface area contributed by atoms with Gasteiger partial charge >= 0.3 is 0 Å². The van der Waals surface area contributed by atoms with Crippen molar-refractivity contribution in [3.05, 3.63) is 82.4 Å². The van der Waals surface area contributed by atoms with E-state index >= 15 is 0 Å². The number of amides is 1. The van der Waals surface area contributed by atoms with Crippen LogP contribution in [0.1, 0.15) is 32.9 Å². The van der Waals surface area contributed by atoms with Crippen molar-refractivity contribution in [2.45, 2.75) is 27.3 Å². The molecule has 0 fully saturated rings. The van der Waals surface area contributed by atoms with Crippen molar-refractivity contribution in [2.75, 3.05) is 5.32 Å². The molecule has 3 rings (SSSR count). The smallest absolute Gasteiger partial charge is 0.270 e. The van der Waals surface area contributed by atoms with Gasteiger partial charge in [0.25, 0.3) is 5.91 Å². The van der Waals surface area contributed by atoms with Gasteiger partial charge in [0.15, 0.2) is 0 Å². The van der Waals surface area contributed by atoms with Crippen LogP contribution in [-0.2, 0) is 6.54 Å². The first-order chi connectivity index (χ1) is 12.9. The summed E-state index contributed by atoms with van der Waals surface area (Å²) in [5, 5.41) is 5.98. The van der Waals surface area contributed by atoms with E-state index < -0.39 is 0 Å². The predicted octanol–water partition coefficient (Wildman–Crippen LogP) is 4.21. The lowest BCUT2D eigenvalue weighted by atomic mass is 10.1. The molecule has 3 aromatic rings. The summed E-state index contributed by atoms with van der Waals surface area (Å²) in [6.07, 6.45) is 0. The van der Waals surface area contributed by atoms with Gasteiger partial charge in [-0.25, -0.2) is 14.4 Å². The van der Waals surface area contributed by atoms with Crippen LogP contribution in [-0.4, -0.2) is 15.9 Å². The summed E-state index contributed by atoms with van der Waals surface area (Å²) >= 11 is 0. The summed E-state index contributed by atoms with van der Waals surface area (Å²) in [6, 6.07) is 13.7. The highest BCUT2D eigenvalue weighted by Gasteiger charge is 2.11. The molecule has 0 aliphatic carbocycles. The number of anilines is 2. The van der Waals surface area contributed by atoms with E-state index in [0.717, 1.165) is 22.4 Å². The topological polar surface area (TPSA) is 66.9 Å². The van der Waals surface area contributed by atoms with Gasteiger partial charge < -0.3 is 10.6 Å². The SMILES string of the molecule is Cc1ccc(C)c(Nc2nc(C)cc(C(=O)NCc3ccc(F)cc3)n2)c1. The van der Waals surface area contributed by atoms with Gasteiger partial charge in [-0.1, -0.05) is 24.3 Å². The number of carbonyl (C=O) groups is 1. The second-order valence-corrected chi connectivity index (χ2v) is 6.47. The molecule has 0 aliphatic heterocycles. The second kappa shape index (κ2) is 7.95. The van der Waals surface area contributed by atoms with E-state index in [9.17, 15) is 9.18 Å². The van der Waals surface area contributed by atoms with Gasteiger partial charge in [-0.3, -0.25) is 4.79 Å². The number of halogens is 1. The monoisotopic (exact) mass is 364 g/mol. The van der Waals surface area contributed by atoms with Crippen molar-refractivity contribution in [2.24, 2.45) is 0 Å². The van der Waals surface area contributed by atoms with Gasteiger partial charge in [-0.15, -0.1) is 0 Å². The van der Waals surface area contributed by atoms with Crippen molar-refractivity contribution in [1.82, 2.24) is 15.3 Å². The summed E-state index contributed by atoms with van der Waals surface area (Å²) in [5.41, 5.74) is 4.85. The molecule has 0 atom stereocenters. The Morgan fingerprint density at radius 1 is 1.00 bits per heavy atom. The number of aryl methyl sites for hydroxylation is 3. The average molecular weight is 364 g/mol. The summed E-state index contributed by atoms with van der Waals surface area (Å²) in [6.45, 7) is 6.11. The van der Waals surface area contributed by atoms with E-state index in [-0.39, 0.29) is 17.4 Å². The van der Waals surface area contributed by atoms with Crippen LogP contribution >= 0.6 is 0 Å². The molecule has 1 amide bonds. The van der Waals surface area contributed by atoms with Crippen LogP contribution in [0.2, 0.25) is 0 Å². The molecule has 5 nitrogen and oxygen atoms in total. The molecule has 1 aromatic heterocycles. The molecule has 2 N–H and O–H groups in total. The van der Waals surface area contributed by atoms with E-state index in [0.29, 0.717) is 18.2 Å². The number of rotatable bonds is 5. The van der Waals surface area contributed by atoms with E-state index in [1.165, 1.54) is 12.1 Å². The summed E-state index contributed by atoms with van der Waals surface area (Å²) in [4.78, 5) is 21.2. The van der Waals surface area contributed by atoms with Crippen LogP contribution in [0.15, 0.2) is 48.5 Å². The Hall–Kier alpha value is -3.28. The lowest BCUT2D eigenvalue weighted by Crippen LogP contribution is -2.24. The molecule has 0 saturated heterocycles. The first-order valence-electron chi connectivity index (χ1n) is 8.63. The molecule has 27 heavy (non-hydrogen) atoms. The Labute approximate surface area is 157 Å². The maximum absolute atomic E-state index is 13.0. The fourth-order valence-electron chi connectivity index (χ4n) is 2.61. The normalized spacial score (nSPS) is 10.5. The van der Waals surface area contributed by atoms with Crippen molar-refractivity contribution in [3.8, 4) is 0 Å². The molecular weight excluding hydrogens is 343 g/mol. The predicted molar refractivity (Wildman–Crippen MR) is 104 cm³/mol. The van der Waals surface area contributed by atoms with E-state index in [1.54, 1.807) is 18.2 Å².